The SMILES string of the molecule is CC(C)(C)CC(O)CNc1nc2ccc(Br)cn2n1. The molecule has 2 aromatic heterocycles. The topological polar surface area (TPSA) is 62.5 Å². The summed E-state index contributed by atoms with van der Waals surface area (Å²) in [6.07, 6.45) is 2.18. The van der Waals surface area contributed by atoms with Crippen molar-refractivity contribution >= 4 is 27.5 Å². The molecule has 0 aromatic carbocycles. The molecule has 0 spiro atoms. The van der Waals surface area contributed by atoms with Gasteiger partial charge in [0.1, 0.15) is 0 Å². The molecule has 0 radical (unpaired) electrons. The number of aromatic nitrogens is 3. The monoisotopic (exact) mass is 326 g/mol. The lowest BCUT2D eigenvalue weighted by Crippen LogP contribution is -2.25. The average Bonchev–Trinajstić information content (AvgIpc) is 2.66. The molecule has 1 atom stereocenters. The third kappa shape index (κ3) is 4.18. The zero-order valence-corrected chi connectivity index (χ0v) is 13.0. The van der Waals surface area contributed by atoms with E-state index in [0.29, 0.717) is 12.5 Å². The lowest BCUT2D eigenvalue weighted by atomic mass is 9.89. The minimum absolute atomic E-state index is 0.109. The average molecular weight is 327 g/mol. The van der Waals surface area contributed by atoms with E-state index in [1.165, 1.54) is 0 Å². The van der Waals surface area contributed by atoms with Gasteiger partial charge in [-0.25, -0.2) is 4.52 Å². The Hall–Kier alpha value is -1.14. The predicted molar refractivity (Wildman–Crippen MR) is 79.3 cm³/mol. The summed E-state index contributed by atoms with van der Waals surface area (Å²) in [7, 11) is 0. The summed E-state index contributed by atoms with van der Waals surface area (Å²) in [4.78, 5) is 4.33. The molecule has 0 saturated heterocycles. The molecule has 2 N–H and O–H groups in total. The van der Waals surface area contributed by atoms with Crippen molar-refractivity contribution in [2.24, 2.45) is 5.41 Å². The van der Waals surface area contributed by atoms with Crippen LogP contribution in [0.15, 0.2) is 22.8 Å². The van der Waals surface area contributed by atoms with E-state index in [1.807, 2.05) is 18.3 Å². The summed E-state index contributed by atoms with van der Waals surface area (Å²) in [5, 5.41) is 17.3. The number of anilines is 1. The lowest BCUT2D eigenvalue weighted by Gasteiger charge is -2.22. The summed E-state index contributed by atoms with van der Waals surface area (Å²) in [6, 6.07) is 3.80. The second kappa shape index (κ2) is 5.46. The molecule has 5 nitrogen and oxygen atoms in total. The fourth-order valence-electron chi connectivity index (χ4n) is 1.92. The molecular weight excluding hydrogens is 308 g/mol. The van der Waals surface area contributed by atoms with Crippen LogP contribution in [0.1, 0.15) is 27.2 Å². The summed E-state index contributed by atoms with van der Waals surface area (Å²) < 4.78 is 2.65. The molecule has 1 unspecified atom stereocenters. The molecule has 2 heterocycles. The van der Waals surface area contributed by atoms with Crippen LogP contribution in [0.3, 0.4) is 0 Å². The van der Waals surface area contributed by atoms with E-state index in [9.17, 15) is 5.11 Å². The molecule has 0 amide bonds. The molecule has 0 fully saturated rings. The molecule has 0 aliphatic heterocycles. The number of aliphatic hydroxyl groups is 1. The fourth-order valence-corrected chi connectivity index (χ4v) is 2.25. The van der Waals surface area contributed by atoms with Crippen LogP contribution in [0.25, 0.3) is 5.65 Å². The molecule has 2 rings (SSSR count). The first-order chi connectivity index (χ1) is 8.83. The Morgan fingerprint density at radius 2 is 2.16 bits per heavy atom. The third-order valence-electron chi connectivity index (χ3n) is 2.64. The highest BCUT2D eigenvalue weighted by Crippen LogP contribution is 2.20. The van der Waals surface area contributed by atoms with Gasteiger partial charge in [-0.15, -0.1) is 5.10 Å². The lowest BCUT2D eigenvalue weighted by molar-refractivity contribution is 0.132. The summed E-state index contributed by atoms with van der Waals surface area (Å²) >= 11 is 3.39. The van der Waals surface area contributed by atoms with E-state index in [4.69, 9.17) is 0 Å². The van der Waals surface area contributed by atoms with Crippen molar-refractivity contribution in [1.82, 2.24) is 14.6 Å². The molecule has 6 heteroatoms. The minimum atomic E-state index is -0.404. The number of rotatable bonds is 4. The summed E-state index contributed by atoms with van der Waals surface area (Å²) in [6.45, 7) is 6.78. The van der Waals surface area contributed by atoms with Crippen molar-refractivity contribution < 1.29 is 5.11 Å². The smallest absolute Gasteiger partial charge is 0.243 e. The number of aliphatic hydroxyl groups excluding tert-OH is 1. The first-order valence-electron chi connectivity index (χ1n) is 6.27. The van der Waals surface area contributed by atoms with Crippen LogP contribution >= 0.6 is 15.9 Å². The Morgan fingerprint density at radius 1 is 1.42 bits per heavy atom. The van der Waals surface area contributed by atoms with Crippen LogP contribution < -0.4 is 5.32 Å². The van der Waals surface area contributed by atoms with Gasteiger partial charge in [0, 0.05) is 17.2 Å². The van der Waals surface area contributed by atoms with Crippen LogP contribution in [0.5, 0.6) is 0 Å². The zero-order valence-electron chi connectivity index (χ0n) is 11.4. The Balaban J connectivity index is 1.98. The van der Waals surface area contributed by atoms with Gasteiger partial charge in [0.05, 0.1) is 6.10 Å². The number of halogens is 1. The number of pyridine rings is 1. The quantitative estimate of drug-likeness (QED) is 0.906. The zero-order chi connectivity index (χ0) is 14.0. The van der Waals surface area contributed by atoms with E-state index < -0.39 is 6.10 Å². The van der Waals surface area contributed by atoms with Crippen LogP contribution in [0, 0.1) is 5.41 Å². The van der Waals surface area contributed by atoms with Gasteiger partial charge in [-0.1, -0.05) is 20.8 Å². The van der Waals surface area contributed by atoms with E-state index in [1.54, 1.807) is 4.52 Å². The first kappa shape index (κ1) is 14.3. The highest BCUT2D eigenvalue weighted by molar-refractivity contribution is 9.10. The van der Waals surface area contributed by atoms with Crippen molar-refractivity contribution in [2.45, 2.75) is 33.3 Å². The molecule has 104 valence electrons. The predicted octanol–water partition coefficient (Wildman–Crippen LogP) is 2.70. The molecular formula is C13H19BrN4O. The molecule has 0 aliphatic carbocycles. The summed E-state index contributed by atoms with van der Waals surface area (Å²) in [5.41, 5.74) is 0.884. The van der Waals surface area contributed by atoms with Gasteiger partial charge < -0.3 is 10.4 Å². The maximum atomic E-state index is 9.93. The van der Waals surface area contributed by atoms with Gasteiger partial charge in [0.2, 0.25) is 5.95 Å². The summed E-state index contributed by atoms with van der Waals surface area (Å²) in [5.74, 6) is 0.533. The Labute approximate surface area is 121 Å². The van der Waals surface area contributed by atoms with E-state index >= 15 is 0 Å². The highest BCUT2D eigenvalue weighted by Gasteiger charge is 2.16. The van der Waals surface area contributed by atoms with Gasteiger partial charge >= 0.3 is 0 Å². The van der Waals surface area contributed by atoms with E-state index in [2.05, 4.69) is 52.1 Å². The molecule has 2 aromatic rings. The number of fused-ring (bicyclic) bond motifs is 1. The van der Waals surface area contributed by atoms with Gasteiger partial charge in [0.25, 0.3) is 0 Å². The number of hydrogen-bond donors (Lipinski definition) is 2. The molecule has 0 bridgehead atoms. The van der Waals surface area contributed by atoms with Crippen LogP contribution in [0.4, 0.5) is 5.95 Å². The van der Waals surface area contributed by atoms with Crippen molar-refractivity contribution in [3.63, 3.8) is 0 Å². The Morgan fingerprint density at radius 3 is 2.84 bits per heavy atom. The van der Waals surface area contributed by atoms with Crippen molar-refractivity contribution in [3.05, 3.63) is 22.8 Å². The highest BCUT2D eigenvalue weighted by atomic mass is 79.9. The Kier molecular flexibility index (Phi) is 4.10. The van der Waals surface area contributed by atoms with Gasteiger partial charge in [0.15, 0.2) is 5.65 Å². The number of nitrogens with zero attached hydrogens (tertiary/aromatic N) is 3. The van der Waals surface area contributed by atoms with Gasteiger partial charge in [-0.3, -0.25) is 0 Å². The van der Waals surface area contributed by atoms with Crippen LogP contribution in [-0.2, 0) is 0 Å². The maximum absolute atomic E-state index is 9.93. The number of hydrogen-bond acceptors (Lipinski definition) is 4. The van der Waals surface area contributed by atoms with E-state index in [0.717, 1.165) is 16.5 Å². The minimum Gasteiger partial charge on any atom is -0.391 e. The second-order valence-electron chi connectivity index (χ2n) is 5.89. The number of nitrogens with one attached hydrogen (secondary N) is 1. The van der Waals surface area contributed by atoms with Crippen molar-refractivity contribution in [3.8, 4) is 0 Å². The first-order valence-corrected chi connectivity index (χ1v) is 7.07. The standard InChI is InChI=1S/C13H19BrN4O/c1-13(2,3)6-10(19)7-15-12-16-11-5-4-9(14)8-18(11)17-12/h4-5,8,10,19H,6-7H2,1-3H3,(H,15,17). The van der Waals surface area contributed by atoms with Crippen molar-refractivity contribution in [2.75, 3.05) is 11.9 Å². The van der Waals surface area contributed by atoms with Crippen LogP contribution in [-0.4, -0.2) is 32.4 Å². The molecule has 19 heavy (non-hydrogen) atoms. The normalized spacial score (nSPS) is 13.7. The van der Waals surface area contributed by atoms with Crippen molar-refractivity contribution in [1.29, 1.82) is 0 Å². The largest absolute Gasteiger partial charge is 0.391 e. The van der Waals surface area contributed by atoms with Gasteiger partial charge in [-0.2, -0.15) is 4.98 Å². The molecule has 0 aliphatic rings. The maximum Gasteiger partial charge on any atom is 0.243 e. The second-order valence-corrected chi connectivity index (χ2v) is 6.80. The van der Waals surface area contributed by atoms with Crippen LogP contribution in [0.2, 0.25) is 0 Å². The Bertz CT molecular complexity index is 561. The fraction of sp³-hybridized carbons (Fsp3) is 0.538. The van der Waals surface area contributed by atoms with Gasteiger partial charge in [-0.05, 0) is 39.9 Å². The van der Waals surface area contributed by atoms with E-state index in [-0.39, 0.29) is 5.41 Å². The third-order valence-corrected chi connectivity index (χ3v) is 3.11. The molecule has 0 saturated carbocycles.